The monoisotopic (exact) mass is 201 g/mol. The third-order valence-corrected chi connectivity index (χ3v) is 1.27. The van der Waals surface area contributed by atoms with Gasteiger partial charge in [-0.2, -0.15) is 13.2 Å². The summed E-state index contributed by atoms with van der Waals surface area (Å²) >= 11 is 0. The van der Waals surface area contributed by atoms with Crippen LogP contribution in [0.25, 0.3) is 0 Å². The van der Waals surface area contributed by atoms with E-state index in [1.807, 2.05) is 0 Å². The maximum Gasteiger partial charge on any atom is 0.415 e. The number of carboxylic acid groups (broad SMARTS) is 1. The minimum absolute atomic E-state index is 0.535. The van der Waals surface area contributed by atoms with Crippen molar-refractivity contribution in [3.05, 3.63) is 0 Å². The highest BCUT2D eigenvalue weighted by atomic mass is 19.4. The largest absolute Gasteiger partial charge is 0.480 e. The Kier molecular flexibility index (Phi) is 4.15. The van der Waals surface area contributed by atoms with Crippen LogP contribution in [0.3, 0.4) is 0 Å². The van der Waals surface area contributed by atoms with Crippen molar-refractivity contribution in [1.82, 2.24) is 4.90 Å². The zero-order valence-electron chi connectivity index (χ0n) is 6.88. The van der Waals surface area contributed by atoms with Crippen molar-refractivity contribution in [1.29, 1.82) is 0 Å². The standard InChI is InChI=1S/C6H10F3NO3/c1-10(3-5(12)13)2-4(11)6(7,8)9/h4,11H,2-3H2,1H3,(H,12,13). The topological polar surface area (TPSA) is 60.8 Å². The molecule has 0 bridgehead atoms. The normalized spacial score (nSPS) is 14.6. The molecule has 0 aliphatic rings. The van der Waals surface area contributed by atoms with E-state index < -0.39 is 31.3 Å². The Hall–Kier alpha value is -0.820. The van der Waals surface area contributed by atoms with Crippen LogP contribution in [0.2, 0.25) is 0 Å². The maximum absolute atomic E-state index is 11.7. The molecule has 0 amide bonds. The summed E-state index contributed by atoms with van der Waals surface area (Å²) in [7, 11) is 1.18. The summed E-state index contributed by atoms with van der Waals surface area (Å²) in [6.45, 7) is -1.27. The predicted octanol–water partition coefficient (Wildman–Crippen LogP) is -0.0740. The van der Waals surface area contributed by atoms with Gasteiger partial charge in [0.2, 0.25) is 0 Å². The minimum atomic E-state index is -4.70. The van der Waals surface area contributed by atoms with Crippen LogP contribution in [0.5, 0.6) is 0 Å². The Morgan fingerprint density at radius 1 is 1.54 bits per heavy atom. The number of rotatable bonds is 4. The Balaban J connectivity index is 3.92. The average Bonchev–Trinajstić information content (AvgIpc) is 1.82. The smallest absolute Gasteiger partial charge is 0.415 e. The lowest BCUT2D eigenvalue weighted by Gasteiger charge is -2.20. The Bertz CT molecular complexity index is 182. The fraction of sp³-hybridized carbons (Fsp3) is 0.833. The fourth-order valence-corrected chi connectivity index (χ4v) is 0.694. The van der Waals surface area contributed by atoms with Gasteiger partial charge in [0.1, 0.15) is 0 Å². The molecule has 0 fully saturated rings. The lowest BCUT2D eigenvalue weighted by atomic mass is 10.3. The SMILES string of the molecule is CN(CC(=O)O)CC(O)C(F)(F)F. The van der Waals surface area contributed by atoms with Gasteiger partial charge in [0.25, 0.3) is 0 Å². The zero-order chi connectivity index (χ0) is 10.6. The third-order valence-electron chi connectivity index (χ3n) is 1.27. The second kappa shape index (κ2) is 4.43. The number of aliphatic hydroxyl groups is 1. The van der Waals surface area contributed by atoms with Gasteiger partial charge >= 0.3 is 12.1 Å². The number of alkyl halides is 3. The van der Waals surface area contributed by atoms with Gasteiger partial charge in [-0.05, 0) is 7.05 Å². The average molecular weight is 201 g/mol. The van der Waals surface area contributed by atoms with Crippen molar-refractivity contribution in [3.63, 3.8) is 0 Å². The van der Waals surface area contributed by atoms with Crippen molar-refractivity contribution in [3.8, 4) is 0 Å². The van der Waals surface area contributed by atoms with Crippen molar-refractivity contribution < 1.29 is 28.2 Å². The van der Waals surface area contributed by atoms with Gasteiger partial charge in [-0.15, -0.1) is 0 Å². The summed E-state index contributed by atoms with van der Waals surface area (Å²) in [5.74, 6) is -1.24. The first kappa shape index (κ1) is 12.2. The number of hydrogen-bond acceptors (Lipinski definition) is 3. The predicted molar refractivity (Wildman–Crippen MR) is 37.2 cm³/mol. The van der Waals surface area contributed by atoms with E-state index in [1.165, 1.54) is 7.05 Å². The molecule has 0 saturated heterocycles. The van der Waals surface area contributed by atoms with Crippen molar-refractivity contribution >= 4 is 5.97 Å². The van der Waals surface area contributed by atoms with E-state index in [4.69, 9.17) is 10.2 Å². The van der Waals surface area contributed by atoms with Crippen molar-refractivity contribution in [2.45, 2.75) is 12.3 Å². The molecule has 0 aliphatic heterocycles. The van der Waals surface area contributed by atoms with E-state index in [2.05, 4.69) is 0 Å². The number of carboxylic acids is 1. The highest BCUT2D eigenvalue weighted by Gasteiger charge is 2.38. The summed E-state index contributed by atoms with van der Waals surface area (Å²) in [5.41, 5.74) is 0. The second-order valence-corrected chi connectivity index (χ2v) is 2.65. The fourth-order valence-electron chi connectivity index (χ4n) is 0.694. The Labute approximate surface area is 72.6 Å². The Morgan fingerprint density at radius 2 is 2.00 bits per heavy atom. The summed E-state index contributed by atoms with van der Waals surface area (Å²) in [6.07, 6.45) is -7.20. The second-order valence-electron chi connectivity index (χ2n) is 2.65. The number of likely N-dealkylation sites (N-methyl/N-ethyl adjacent to an activating group) is 1. The number of nitrogens with zero attached hydrogens (tertiary/aromatic N) is 1. The van der Waals surface area contributed by atoms with Gasteiger partial charge < -0.3 is 10.2 Å². The van der Waals surface area contributed by atoms with E-state index in [1.54, 1.807) is 0 Å². The number of hydrogen-bond donors (Lipinski definition) is 2. The molecule has 0 aromatic heterocycles. The summed E-state index contributed by atoms with van der Waals surface area (Å²) in [5, 5.41) is 16.7. The molecule has 0 aromatic rings. The van der Waals surface area contributed by atoms with Gasteiger partial charge in [0.05, 0.1) is 6.54 Å². The lowest BCUT2D eigenvalue weighted by molar-refractivity contribution is -0.207. The molecule has 0 radical (unpaired) electrons. The number of carbonyl (C=O) groups is 1. The molecule has 78 valence electrons. The molecule has 0 spiro atoms. The quantitative estimate of drug-likeness (QED) is 0.668. The van der Waals surface area contributed by atoms with Gasteiger partial charge in [-0.25, -0.2) is 0 Å². The van der Waals surface area contributed by atoms with E-state index in [9.17, 15) is 18.0 Å². The molecule has 0 aliphatic carbocycles. The zero-order valence-corrected chi connectivity index (χ0v) is 6.88. The first-order valence-corrected chi connectivity index (χ1v) is 3.38. The highest BCUT2D eigenvalue weighted by Crippen LogP contribution is 2.20. The van der Waals surface area contributed by atoms with Gasteiger partial charge in [0, 0.05) is 6.54 Å². The first-order valence-electron chi connectivity index (χ1n) is 3.38. The number of aliphatic hydroxyl groups excluding tert-OH is 1. The van der Waals surface area contributed by atoms with Gasteiger partial charge in [0.15, 0.2) is 6.10 Å². The van der Waals surface area contributed by atoms with Crippen LogP contribution >= 0.6 is 0 Å². The minimum Gasteiger partial charge on any atom is -0.480 e. The number of halogens is 3. The van der Waals surface area contributed by atoms with E-state index >= 15 is 0 Å². The maximum atomic E-state index is 11.7. The highest BCUT2D eigenvalue weighted by molar-refractivity contribution is 5.68. The first-order chi connectivity index (χ1) is 5.73. The molecular formula is C6H10F3NO3. The van der Waals surface area contributed by atoms with Crippen LogP contribution in [-0.2, 0) is 4.79 Å². The molecule has 13 heavy (non-hydrogen) atoms. The van der Waals surface area contributed by atoms with Crippen LogP contribution in [0.15, 0.2) is 0 Å². The number of aliphatic carboxylic acids is 1. The van der Waals surface area contributed by atoms with Crippen LogP contribution in [0, 0.1) is 0 Å². The van der Waals surface area contributed by atoms with Crippen LogP contribution in [0.1, 0.15) is 0 Å². The summed E-state index contributed by atoms with van der Waals surface area (Å²) in [4.78, 5) is 10.9. The molecule has 0 saturated carbocycles. The summed E-state index contributed by atoms with van der Waals surface area (Å²) in [6, 6.07) is 0. The molecule has 1 atom stereocenters. The summed E-state index contributed by atoms with van der Waals surface area (Å²) < 4.78 is 35.2. The van der Waals surface area contributed by atoms with Gasteiger partial charge in [-0.1, -0.05) is 0 Å². The molecule has 0 aromatic carbocycles. The van der Waals surface area contributed by atoms with Crippen LogP contribution < -0.4 is 0 Å². The molecule has 4 nitrogen and oxygen atoms in total. The van der Waals surface area contributed by atoms with Gasteiger partial charge in [-0.3, -0.25) is 9.69 Å². The van der Waals surface area contributed by atoms with Crippen LogP contribution in [0.4, 0.5) is 13.2 Å². The van der Waals surface area contributed by atoms with E-state index in [0.29, 0.717) is 0 Å². The molecule has 2 N–H and O–H groups in total. The third kappa shape index (κ3) is 5.42. The van der Waals surface area contributed by atoms with E-state index in [-0.39, 0.29) is 0 Å². The lowest BCUT2D eigenvalue weighted by Crippen LogP contribution is -2.41. The van der Waals surface area contributed by atoms with Crippen LogP contribution in [-0.4, -0.2) is 53.5 Å². The molecule has 0 heterocycles. The van der Waals surface area contributed by atoms with Crippen molar-refractivity contribution in [2.24, 2.45) is 0 Å². The van der Waals surface area contributed by atoms with E-state index in [0.717, 1.165) is 4.90 Å². The molecular weight excluding hydrogens is 191 g/mol. The Morgan fingerprint density at radius 3 is 2.31 bits per heavy atom. The molecule has 0 rings (SSSR count). The molecule has 7 heteroatoms. The van der Waals surface area contributed by atoms with Crippen molar-refractivity contribution in [2.75, 3.05) is 20.1 Å². The molecule has 1 unspecified atom stereocenters.